The Balaban J connectivity index is 2.51. The second kappa shape index (κ2) is 5.55. The fourth-order valence-electron chi connectivity index (χ4n) is 1.88. The Morgan fingerprint density at radius 1 is 1.19 bits per heavy atom. The lowest BCUT2D eigenvalue weighted by molar-refractivity contribution is 0.342. The molecule has 1 aromatic carbocycles. The van der Waals surface area contributed by atoms with Gasteiger partial charge in [-0.25, -0.2) is 0 Å². The van der Waals surface area contributed by atoms with E-state index in [1.807, 2.05) is 14.0 Å². The van der Waals surface area contributed by atoms with Crippen LogP contribution < -0.4 is 10.3 Å². The molecule has 0 aliphatic rings. The third kappa shape index (κ3) is 2.68. The molecule has 1 rings (SSSR count). The number of rotatable bonds is 6. The molecule has 0 aliphatic carbocycles. The minimum Gasteiger partial charge on any atom is -0.372 e. The Morgan fingerprint density at radius 3 is 2.31 bits per heavy atom. The second-order valence-electron chi connectivity index (χ2n) is 4.36. The first kappa shape index (κ1) is 13.3. The van der Waals surface area contributed by atoms with Gasteiger partial charge in [0.05, 0.1) is 5.69 Å². The van der Waals surface area contributed by atoms with Gasteiger partial charge in [-0.15, -0.1) is 0 Å². The molecule has 0 bridgehead atoms. The van der Waals surface area contributed by atoms with Crippen LogP contribution in [-0.4, -0.2) is 38.6 Å². The summed E-state index contributed by atoms with van der Waals surface area (Å²) in [6.45, 7) is 7.04. The zero-order valence-electron chi connectivity index (χ0n) is 10.5. The van der Waals surface area contributed by atoms with Crippen LogP contribution in [0.15, 0.2) is 4.79 Å². The molecule has 0 N–H and O–H groups in total. The molecule has 0 radical (unpaired) electrons. The summed E-state index contributed by atoms with van der Waals surface area (Å²) >= 11 is 5.05. The van der Waals surface area contributed by atoms with E-state index in [1.165, 1.54) is 6.42 Å². The molecule has 0 saturated heterocycles. The summed E-state index contributed by atoms with van der Waals surface area (Å²) in [7, 11) is 4.11. The van der Waals surface area contributed by atoms with E-state index in [1.54, 1.807) is 0 Å². The molecule has 90 valence electrons. The van der Waals surface area contributed by atoms with Crippen molar-refractivity contribution >= 4 is 17.9 Å². The molecule has 0 fully saturated rings. The van der Waals surface area contributed by atoms with Gasteiger partial charge in [0, 0.05) is 25.7 Å². The van der Waals surface area contributed by atoms with Crippen LogP contribution in [0.3, 0.4) is 0 Å². The second-order valence-corrected chi connectivity index (χ2v) is 4.76. The van der Waals surface area contributed by atoms with Crippen molar-refractivity contribution in [2.24, 2.45) is 0 Å². The topological polar surface area (TPSA) is 23.6 Å². The van der Waals surface area contributed by atoms with Gasteiger partial charge in [-0.05, 0) is 26.9 Å². The van der Waals surface area contributed by atoms with Gasteiger partial charge >= 0.3 is 0 Å². The molecular formula is C12H20N2OS. The normalized spacial score (nSPS) is 11.3. The molecule has 0 spiro atoms. The summed E-state index contributed by atoms with van der Waals surface area (Å²) in [5.74, 6) is 0. The zero-order chi connectivity index (χ0) is 12.3. The van der Waals surface area contributed by atoms with Crippen LogP contribution in [-0.2, 0) is 0 Å². The van der Waals surface area contributed by atoms with Crippen molar-refractivity contribution in [3.63, 3.8) is 0 Å². The van der Waals surface area contributed by atoms with E-state index in [0.717, 1.165) is 30.9 Å². The van der Waals surface area contributed by atoms with Crippen LogP contribution in [0.4, 0.5) is 5.69 Å². The summed E-state index contributed by atoms with van der Waals surface area (Å²) in [5, 5.41) is 0. The smallest absolute Gasteiger partial charge is 0.203 e. The minimum atomic E-state index is 0.0405. The van der Waals surface area contributed by atoms with Crippen LogP contribution in [0.1, 0.15) is 18.9 Å². The predicted molar refractivity (Wildman–Crippen MR) is 71.7 cm³/mol. The maximum atomic E-state index is 11.3. The SMILES string of the molecule is CCCN(C)CCN(C)c1c(C)c(=O)c1=S. The Hall–Kier alpha value is -0.740. The fourth-order valence-corrected chi connectivity index (χ4v) is 2.34. The summed E-state index contributed by atoms with van der Waals surface area (Å²) < 4.78 is 0.498. The van der Waals surface area contributed by atoms with E-state index >= 15 is 0 Å². The van der Waals surface area contributed by atoms with Gasteiger partial charge in [-0.2, -0.15) is 0 Å². The third-order valence-corrected chi connectivity index (χ3v) is 3.30. The monoisotopic (exact) mass is 240 g/mol. The fraction of sp³-hybridized carbons (Fsp3) is 0.667. The molecule has 16 heavy (non-hydrogen) atoms. The highest BCUT2D eigenvalue weighted by Crippen LogP contribution is 2.19. The molecule has 0 unspecified atom stereocenters. The molecule has 3 nitrogen and oxygen atoms in total. The van der Waals surface area contributed by atoms with Gasteiger partial charge in [0.15, 0.2) is 0 Å². The lowest BCUT2D eigenvalue weighted by atomic mass is 10.1. The van der Waals surface area contributed by atoms with Crippen molar-refractivity contribution in [2.75, 3.05) is 38.6 Å². The van der Waals surface area contributed by atoms with Crippen molar-refractivity contribution in [1.29, 1.82) is 0 Å². The van der Waals surface area contributed by atoms with E-state index in [-0.39, 0.29) is 5.43 Å². The first-order valence-electron chi connectivity index (χ1n) is 5.68. The standard InChI is InChI=1S/C12H20N2OS/c1-5-6-13(3)7-8-14(4)10-9(2)11(15)12(10)16/h5-8H2,1-4H3. The van der Waals surface area contributed by atoms with Crippen LogP contribution in [0.25, 0.3) is 0 Å². The van der Waals surface area contributed by atoms with Crippen molar-refractivity contribution in [3.05, 3.63) is 20.3 Å². The number of nitrogens with zero attached hydrogens (tertiary/aromatic N) is 2. The van der Waals surface area contributed by atoms with E-state index in [4.69, 9.17) is 12.2 Å². The maximum Gasteiger partial charge on any atom is 0.203 e. The number of hydrogen-bond donors (Lipinski definition) is 0. The summed E-state index contributed by atoms with van der Waals surface area (Å²) in [6, 6.07) is 0. The van der Waals surface area contributed by atoms with Crippen LogP contribution in [0, 0.1) is 11.4 Å². The molecule has 0 atom stereocenters. The highest BCUT2D eigenvalue weighted by molar-refractivity contribution is 7.71. The number of anilines is 1. The molecule has 0 aromatic heterocycles. The van der Waals surface area contributed by atoms with Gasteiger partial charge in [-0.1, -0.05) is 19.1 Å². The van der Waals surface area contributed by atoms with Crippen LogP contribution >= 0.6 is 12.2 Å². The van der Waals surface area contributed by atoms with E-state index < -0.39 is 0 Å². The minimum absolute atomic E-state index is 0.0405. The Morgan fingerprint density at radius 2 is 1.81 bits per heavy atom. The summed E-state index contributed by atoms with van der Waals surface area (Å²) in [6.07, 6.45) is 1.17. The lowest BCUT2D eigenvalue weighted by Crippen LogP contribution is -2.34. The third-order valence-electron chi connectivity index (χ3n) is 2.92. The van der Waals surface area contributed by atoms with Gasteiger partial charge in [0.1, 0.15) is 4.51 Å². The number of likely N-dealkylation sites (N-methyl/N-ethyl adjacent to an activating group) is 2. The number of hydrogen-bond acceptors (Lipinski definition) is 4. The van der Waals surface area contributed by atoms with E-state index in [0.29, 0.717) is 4.51 Å². The van der Waals surface area contributed by atoms with E-state index in [2.05, 4.69) is 23.8 Å². The first-order valence-corrected chi connectivity index (χ1v) is 6.09. The Labute approximate surface area is 102 Å². The van der Waals surface area contributed by atoms with Crippen molar-refractivity contribution in [1.82, 2.24) is 4.90 Å². The summed E-state index contributed by atoms with van der Waals surface area (Å²) in [4.78, 5) is 15.7. The largest absolute Gasteiger partial charge is 0.372 e. The Bertz CT molecular complexity index is 421. The van der Waals surface area contributed by atoms with Crippen molar-refractivity contribution in [3.8, 4) is 0 Å². The highest BCUT2D eigenvalue weighted by Gasteiger charge is 2.16. The highest BCUT2D eigenvalue weighted by atomic mass is 32.1. The summed E-state index contributed by atoms with van der Waals surface area (Å²) in [5.41, 5.74) is 1.81. The molecule has 1 aromatic rings. The van der Waals surface area contributed by atoms with Gasteiger partial charge < -0.3 is 9.80 Å². The Kier molecular flexibility index (Phi) is 4.62. The van der Waals surface area contributed by atoms with Crippen LogP contribution in [0.5, 0.6) is 0 Å². The predicted octanol–water partition coefficient (Wildman–Crippen LogP) is 1.74. The molecule has 0 saturated carbocycles. The van der Waals surface area contributed by atoms with Gasteiger partial charge in [-0.3, -0.25) is 4.79 Å². The molecular weight excluding hydrogens is 220 g/mol. The molecule has 0 amide bonds. The van der Waals surface area contributed by atoms with Gasteiger partial charge in [0.2, 0.25) is 5.43 Å². The van der Waals surface area contributed by atoms with E-state index in [9.17, 15) is 4.79 Å². The van der Waals surface area contributed by atoms with Gasteiger partial charge in [0.25, 0.3) is 0 Å². The van der Waals surface area contributed by atoms with Crippen LogP contribution in [0.2, 0.25) is 0 Å². The van der Waals surface area contributed by atoms with Crippen molar-refractivity contribution < 1.29 is 0 Å². The quantitative estimate of drug-likeness (QED) is 0.707. The van der Waals surface area contributed by atoms with Crippen molar-refractivity contribution in [2.45, 2.75) is 20.3 Å². The zero-order valence-corrected chi connectivity index (χ0v) is 11.4. The average Bonchev–Trinajstić information content (AvgIpc) is 2.26. The average molecular weight is 240 g/mol. The molecule has 0 aliphatic heterocycles. The first-order chi connectivity index (χ1) is 7.49. The molecule has 4 heteroatoms. The maximum absolute atomic E-state index is 11.3. The lowest BCUT2D eigenvalue weighted by Gasteiger charge is -2.25. The molecule has 0 heterocycles.